The van der Waals surface area contributed by atoms with E-state index < -0.39 is 24.9 Å². The highest BCUT2D eigenvalue weighted by Gasteiger charge is 2.34. The number of ether oxygens (including phenoxy) is 1. The molecule has 1 aliphatic rings. The van der Waals surface area contributed by atoms with Gasteiger partial charge in [0.25, 0.3) is 0 Å². The maximum atomic E-state index is 15.2. The zero-order valence-corrected chi connectivity index (χ0v) is 23.3. The van der Waals surface area contributed by atoms with Gasteiger partial charge in [0.1, 0.15) is 24.4 Å². The molecule has 194 valence electrons. The van der Waals surface area contributed by atoms with Crippen molar-refractivity contribution >= 4 is 36.7 Å². The lowest BCUT2D eigenvalue weighted by molar-refractivity contribution is 0.231. The molecule has 0 spiro atoms. The number of fused-ring (bicyclic) bond motifs is 2. The highest BCUT2D eigenvalue weighted by Crippen LogP contribution is 2.40. The second kappa shape index (κ2) is 9.80. The topological polar surface area (TPSA) is 72.5 Å². The van der Waals surface area contributed by atoms with E-state index in [0.29, 0.717) is 51.5 Å². The summed E-state index contributed by atoms with van der Waals surface area (Å²) in [6.45, 7) is 4.37. The van der Waals surface area contributed by atoms with E-state index in [0.717, 1.165) is 22.5 Å². The van der Waals surface area contributed by atoms with Crippen molar-refractivity contribution in [3.8, 4) is 17.0 Å². The summed E-state index contributed by atoms with van der Waals surface area (Å²) in [5.74, 6) is 0.933. The van der Waals surface area contributed by atoms with Gasteiger partial charge in [0.05, 0.1) is 33.0 Å². The Morgan fingerprint density at radius 2 is 2.05 bits per heavy atom. The Morgan fingerprint density at radius 3 is 2.76 bits per heavy atom. The molecule has 4 aromatic rings. The van der Waals surface area contributed by atoms with Crippen molar-refractivity contribution in [2.75, 3.05) is 27.3 Å². The highest BCUT2D eigenvalue weighted by atomic mass is 127. The molecule has 0 fully saturated rings. The van der Waals surface area contributed by atoms with Crippen LogP contribution >= 0.6 is 20.7 Å². The van der Waals surface area contributed by atoms with Gasteiger partial charge in [-0.1, -0.05) is 31.3 Å². The molecule has 7 nitrogen and oxygen atoms in total. The van der Waals surface area contributed by atoms with E-state index >= 15 is 4.39 Å². The monoisotopic (exact) mass is 620 g/mol. The largest absolute Gasteiger partial charge is 0.493 e. The van der Waals surface area contributed by atoms with E-state index in [1.54, 1.807) is 18.5 Å². The minimum Gasteiger partial charge on any atom is -0.493 e. The van der Waals surface area contributed by atoms with Crippen molar-refractivity contribution in [1.29, 1.82) is 0 Å². The number of rotatable bonds is 7. The summed E-state index contributed by atoms with van der Waals surface area (Å²) in [6.07, 6.45) is 1.65. The third-order valence-electron chi connectivity index (χ3n) is 6.96. The number of quaternary nitrogens is 1. The van der Waals surface area contributed by atoms with Crippen molar-refractivity contribution in [2.45, 2.75) is 30.5 Å². The molecule has 10 heteroatoms. The van der Waals surface area contributed by atoms with E-state index in [1.807, 2.05) is 44.5 Å². The minimum absolute atomic E-state index is 0.106. The maximum absolute atomic E-state index is 15.2. The van der Waals surface area contributed by atoms with Crippen molar-refractivity contribution in [2.24, 2.45) is 0 Å². The van der Waals surface area contributed by atoms with E-state index in [-0.39, 0.29) is 18.3 Å². The van der Waals surface area contributed by atoms with Gasteiger partial charge in [0.15, 0.2) is 9.83 Å². The predicted molar refractivity (Wildman–Crippen MR) is 150 cm³/mol. The van der Waals surface area contributed by atoms with Gasteiger partial charge in [0.2, 0.25) is 5.82 Å². The molecule has 1 aliphatic heterocycles. The van der Waals surface area contributed by atoms with Crippen LogP contribution in [-0.2, 0) is 6.54 Å². The molecule has 0 bridgehead atoms. The first-order valence-corrected chi connectivity index (χ1v) is 14.6. The van der Waals surface area contributed by atoms with Crippen LogP contribution in [0.5, 0.6) is 5.75 Å². The molecule has 37 heavy (non-hydrogen) atoms. The van der Waals surface area contributed by atoms with E-state index in [1.165, 1.54) is 6.07 Å². The molecule has 4 heterocycles. The lowest BCUT2D eigenvalue weighted by Crippen LogP contribution is -2.42. The average molecular weight is 620 g/mol. The molecule has 2 atom stereocenters. The van der Waals surface area contributed by atoms with Gasteiger partial charge in [-0.3, -0.25) is 9.47 Å². The fourth-order valence-corrected chi connectivity index (χ4v) is 6.47. The first-order chi connectivity index (χ1) is 17.7. The van der Waals surface area contributed by atoms with Crippen molar-refractivity contribution in [1.82, 2.24) is 24.1 Å². The smallest absolute Gasteiger partial charge is 0.217 e. The molecule has 0 saturated carbocycles. The molecule has 1 unspecified atom stereocenters. The summed E-state index contributed by atoms with van der Waals surface area (Å²) in [4.78, 5) is 4.69. The van der Waals surface area contributed by atoms with Gasteiger partial charge in [-0.05, 0) is 38.1 Å². The number of alkyl halides is 2. The van der Waals surface area contributed by atoms with Gasteiger partial charge in [0, 0.05) is 39.4 Å². The Hall–Kier alpha value is -2.83. The van der Waals surface area contributed by atoms with Gasteiger partial charge in [-0.15, -0.1) is 10.2 Å². The standard InChI is InChI=1S/C27H29F2IN5O2/c1-15-10-19(22-8-6-18(16(2)32-22)25(29)30-3)26-33-31-14-34(26)27(15)35(4,5)11-20-21(28)7-9-23-24(20)17(12-36)13-37-23/h6-10,14,17,25,36H,3,11-13H2,1-2,4-5H3/q+1/t17-,25?/m0/s1. The predicted octanol–water partition coefficient (Wildman–Crippen LogP) is 5.15. The molecule has 0 radical (unpaired) electrons. The number of benzene rings is 1. The number of hydrogen-bond acceptors (Lipinski definition) is 5. The Bertz CT molecular complexity index is 1520. The zero-order chi connectivity index (χ0) is 26.5. The summed E-state index contributed by atoms with van der Waals surface area (Å²) in [7, 11) is 4.01. The quantitative estimate of drug-likeness (QED) is 0.176. The Morgan fingerprint density at radius 1 is 1.27 bits per heavy atom. The number of hydrogen-bond donors (Lipinski definition) is 1. The van der Waals surface area contributed by atoms with Crippen LogP contribution in [-0.4, -0.2) is 56.5 Å². The minimum atomic E-state index is -1.05. The van der Waals surface area contributed by atoms with Gasteiger partial charge >= 0.3 is 0 Å². The number of aliphatic hydroxyl groups is 1. The average Bonchev–Trinajstić information content (AvgIpc) is 3.51. The van der Waals surface area contributed by atoms with Crippen LogP contribution in [0.25, 0.3) is 16.9 Å². The van der Waals surface area contributed by atoms with Crippen LogP contribution in [0.15, 0.2) is 36.7 Å². The fourth-order valence-electron chi connectivity index (χ4n) is 5.34. The summed E-state index contributed by atoms with van der Waals surface area (Å²) in [5, 5.41) is 18.4. The van der Waals surface area contributed by atoms with Crippen LogP contribution in [0.1, 0.15) is 38.0 Å². The lowest BCUT2D eigenvalue weighted by Gasteiger charge is -2.32. The first kappa shape index (κ1) is 25.8. The van der Waals surface area contributed by atoms with Crippen molar-refractivity contribution in [3.63, 3.8) is 0 Å². The van der Waals surface area contributed by atoms with Crippen LogP contribution in [0.2, 0.25) is 0 Å². The number of halogens is 3. The van der Waals surface area contributed by atoms with Crippen LogP contribution in [0.4, 0.5) is 14.6 Å². The highest BCUT2D eigenvalue weighted by molar-refractivity contribution is 14.2. The number of aliphatic hydroxyl groups excluding tert-OH is 1. The molecule has 1 aromatic carbocycles. The van der Waals surface area contributed by atoms with Crippen LogP contribution in [0.3, 0.4) is 0 Å². The summed E-state index contributed by atoms with van der Waals surface area (Å²) in [5.41, 5.74) is 5.52. The van der Waals surface area contributed by atoms with E-state index in [4.69, 9.17) is 4.74 Å². The van der Waals surface area contributed by atoms with Gasteiger partial charge in [-0.2, -0.15) is 0 Å². The second-order valence-corrected chi connectivity index (χ2v) is 11.9. The van der Waals surface area contributed by atoms with E-state index in [9.17, 15) is 9.50 Å². The van der Waals surface area contributed by atoms with E-state index in [2.05, 4.69) is 19.7 Å². The number of aryl methyl sites for hydroxylation is 2. The SMILES string of the molecule is C=IC(F)c1ccc(-c2cc(C)c([N+](C)(C)Cc3c(F)ccc4c3[C@@H](CO)CO4)n3cnnc23)nc1C. The summed E-state index contributed by atoms with van der Waals surface area (Å²) < 4.78 is 40.1. The number of nitrogens with zero attached hydrogens (tertiary/aromatic N) is 5. The third-order valence-corrected chi connectivity index (χ3v) is 8.40. The molecule has 0 saturated heterocycles. The number of pyridine rings is 2. The molecule has 3 aromatic heterocycles. The normalized spacial score (nSPS) is 16.1. The summed E-state index contributed by atoms with van der Waals surface area (Å²) >= 11 is -0.824. The van der Waals surface area contributed by atoms with Crippen molar-refractivity contribution < 1.29 is 18.6 Å². The lowest BCUT2D eigenvalue weighted by atomic mass is 9.95. The Kier molecular flexibility index (Phi) is 6.84. The molecular formula is C27H29F2IN5O2+. The molecule has 5 rings (SSSR count). The zero-order valence-electron chi connectivity index (χ0n) is 21.2. The van der Waals surface area contributed by atoms with Gasteiger partial charge in [-0.25, -0.2) is 13.2 Å². The van der Waals surface area contributed by atoms with Crippen molar-refractivity contribution in [3.05, 3.63) is 70.4 Å². The second-order valence-electron chi connectivity index (χ2n) is 9.89. The maximum Gasteiger partial charge on any atom is 0.217 e. The summed E-state index contributed by atoms with van der Waals surface area (Å²) in [6, 6.07) is 8.66. The van der Waals surface area contributed by atoms with Gasteiger partial charge < -0.3 is 9.84 Å². The van der Waals surface area contributed by atoms with Crippen LogP contribution < -0.4 is 9.22 Å². The molecule has 0 amide bonds. The number of aromatic nitrogens is 4. The molecule has 1 N–H and O–H groups in total. The Labute approximate surface area is 224 Å². The first-order valence-electron chi connectivity index (χ1n) is 11.9. The third kappa shape index (κ3) is 4.44. The van der Waals surface area contributed by atoms with Crippen LogP contribution in [0, 0.1) is 19.7 Å². The molecular weight excluding hydrogens is 591 g/mol. The Balaban J connectivity index is 1.60. The fraction of sp³-hybridized carbons (Fsp3) is 0.333. The molecule has 0 aliphatic carbocycles.